The van der Waals surface area contributed by atoms with Gasteiger partial charge in [-0.3, -0.25) is 4.98 Å². The number of amides is 1. The average molecular weight is 319 g/mol. The first-order valence-electron chi connectivity index (χ1n) is 8.49. The van der Waals surface area contributed by atoms with Crippen LogP contribution in [0.15, 0.2) is 24.5 Å². The van der Waals surface area contributed by atoms with Crippen LogP contribution < -0.4 is 10.6 Å². The molecule has 1 aliphatic carbocycles. The molecule has 1 heterocycles. The maximum Gasteiger partial charge on any atom is 0.407 e. The van der Waals surface area contributed by atoms with Gasteiger partial charge >= 0.3 is 6.09 Å². The van der Waals surface area contributed by atoms with E-state index >= 15 is 0 Å². The summed E-state index contributed by atoms with van der Waals surface area (Å²) < 4.78 is 5.35. The minimum atomic E-state index is -0.452. The number of nitrogens with zero attached hydrogens (tertiary/aromatic N) is 1. The molecule has 1 aliphatic rings. The highest BCUT2D eigenvalue weighted by Gasteiger charge is 2.26. The van der Waals surface area contributed by atoms with E-state index in [1.807, 2.05) is 45.3 Å². The van der Waals surface area contributed by atoms with Crippen LogP contribution in [0.25, 0.3) is 0 Å². The van der Waals surface area contributed by atoms with Crippen LogP contribution >= 0.6 is 0 Å². The summed E-state index contributed by atoms with van der Waals surface area (Å²) in [7, 11) is 0. The first kappa shape index (κ1) is 17.7. The van der Waals surface area contributed by atoms with Gasteiger partial charge < -0.3 is 15.4 Å². The summed E-state index contributed by atoms with van der Waals surface area (Å²) in [6.45, 7) is 7.82. The van der Waals surface area contributed by atoms with E-state index in [2.05, 4.69) is 22.5 Å². The molecule has 1 aromatic heterocycles. The second-order valence-corrected chi connectivity index (χ2v) is 7.38. The topological polar surface area (TPSA) is 63.2 Å². The Morgan fingerprint density at radius 1 is 1.26 bits per heavy atom. The number of rotatable bonds is 4. The number of pyridine rings is 1. The first-order valence-corrected chi connectivity index (χ1v) is 8.49. The van der Waals surface area contributed by atoms with Crippen molar-refractivity contribution in [2.45, 2.75) is 77.1 Å². The number of alkyl carbamates (subject to hydrolysis) is 1. The maximum absolute atomic E-state index is 11.9. The van der Waals surface area contributed by atoms with Crippen molar-refractivity contribution in [3.8, 4) is 0 Å². The molecule has 128 valence electrons. The van der Waals surface area contributed by atoms with E-state index in [4.69, 9.17) is 4.74 Å². The fraction of sp³-hybridized carbons (Fsp3) is 0.667. The summed E-state index contributed by atoms with van der Waals surface area (Å²) in [5.74, 6) is 0. The van der Waals surface area contributed by atoms with E-state index in [-0.39, 0.29) is 18.2 Å². The summed E-state index contributed by atoms with van der Waals surface area (Å²) in [5.41, 5.74) is 0.786. The Bertz CT molecular complexity index is 499. The molecule has 2 unspecified atom stereocenters. The van der Waals surface area contributed by atoms with Gasteiger partial charge in [-0.15, -0.1) is 0 Å². The molecule has 0 aromatic carbocycles. The third-order valence-electron chi connectivity index (χ3n) is 4.09. The maximum atomic E-state index is 11.9. The zero-order valence-corrected chi connectivity index (χ0v) is 14.6. The van der Waals surface area contributed by atoms with Crippen LogP contribution in [0.2, 0.25) is 0 Å². The van der Waals surface area contributed by atoms with Crippen molar-refractivity contribution in [1.82, 2.24) is 15.6 Å². The monoisotopic (exact) mass is 319 g/mol. The number of aromatic nitrogens is 1. The zero-order valence-electron chi connectivity index (χ0n) is 14.6. The Morgan fingerprint density at radius 3 is 2.57 bits per heavy atom. The average Bonchev–Trinajstić information content (AvgIpc) is 2.46. The van der Waals surface area contributed by atoms with Crippen LogP contribution in [-0.4, -0.2) is 28.8 Å². The van der Waals surface area contributed by atoms with Gasteiger partial charge in [-0.2, -0.15) is 0 Å². The minimum Gasteiger partial charge on any atom is -0.444 e. The Labute approximate surface area is 139 Å². The van der Waals surface area contributed by atoms with Crippen molar-refractivity contribution >= 4 is 6.09 Å². The van der Waals surface area contributed by atoms with Crippen molar-refractivity contribution in [2.75, 3.05) is 0 Å². The Hall–Kier alpha value is -1.62. The van der Waals surface area contributed by atoms with Gasteiger partial charge in [0.25, 0.3) is 0 Å². The lowest BCUT2D eigenvalue weighted by Crippen LogP contribution is -2.46. The normalized spacial score (nSPS) is 23.1. The Morgan fingerprint density at radius 2 is 1.91 bits per heavy atom. The minimum absolute atomic E-state index is 0.181. The molecule has 1 saturated carbocycles. The van der Waals surface area contributed by atoms with Crippen molar-refractivity contribution in [3.05, 3.63) is 30.1 Å². The van der Waals surface area contributed by atoms with E-state index in [9.17, 15) is 4.79 Å². The van der Waals surface area contributed by atoms with Gasteiger partial charge in [-0.25, -0.2) is 4.79 Å². The molecule has 0 bridgehead atoms. The van der Waals surface area contributed by atoms with Gasteiger partial charge in [0.15, 0.2) is 0 Å². The number of ether oxygens (including phenoxy) is 1. The molecule has 3 atom stereocenters. The molecule has 1 aromatic rings. The molecule has 5 nitrogen and oxygen atoms in total. The predicted octanol–water partition coefficient (Wildman–Crippen LogP) is 3.57. The summed E-state index contributed by atoms with van der Waals surface area (Å²) in [6.07, 6.45) is 7.53. The van der Waals surface area contributed by atoms with Crippen molar-refractivity contribution in [1.29, 1.82) is 0 Å². The Balaban J connectivity index is 1.82. The van der Waals surface area contributed by atoms with Crippen molar-refractivity contribution < 1.29 is 9.53 Å². The number of hydrogen-bond acceptors (Lipinski definition) is 4. The number of carbonyl (C=O) groups excluding carboxylic acids is 1. The van der Waals surface area contributed by atoms with Gasteiger partial charge in [0.05, 0.1) is 0 Å². The van der Waals surface area contributed by atoms with Gasteiger partial charge in [-0.1, -0.05) is 0 Å². The van der Waals surface area contributed by atoms with Crippen LogP contribution in [0, 0.1) is 0 Å². The smallest absolute Gasteiger partial charge is 0.407 e. The van der Waals surface area contributed by atoms with Crippen LogP contribution in [-0.2, 0) is 4.74 Å². The van der Waals surface area contributed by atoms with Gasteiger partial charge in [-0.05, 0) is 71.1 Å². The van der Waals surface area contributed by atoms with Crippen LogP contribution in [0.5, 0.6) is 0 Å². The zero-order chi connectivity index (χ0) is 16.9. The molecular formula is C18H29N3O2. The van der Waals surface area contributed by atoms with E-state index in [0.29, 0.717) is 6.04 Å². The molecule has 2 N–H and O–H groups in total. The van der Waals surface area contributed by atoms with E-state index in [1.54, 1.807) is 0 Å². The van der Waals surface area contributed by atoms with E-state index < -0.39 is 5.60 Å². The highest BCUT2D eigenvalue weighted by molar-refractivity contribution is 5.68. The predicted molar refractivity (Wildman–Crippen MR) is 91.2 cm³/mol. The molecule has 0 saturated heterocycles. The number of nitrogens with one attached hydrogen (secondary N) is 2. The molecule has 2 rings (SSSR count). The second-order valence-electron chi connectivity index (χ2n) is 7.38. The summed E-state index contributed by atoms with van der Waals surface area (Å²) >= 11 is 0. The van der Waals surface area contributed by atoms with Crippen LogP contribution in [0.3, 0.4) is 0 Å². The Kier molecular flexibility index (Phi) is 5.99. The highest BCUT2D eigenvalue weighted by atomic mass is 16.6. The fourth-order valence-corrected chi connectivity index (χ4v) is 3.05. The number of carbonyl (C=O) groups is 1. The van der Waals surface area contributed by atoms with E-state index in [1.165, 1.54) is 5.56 Å². The largest absolute Gasteiger partial charge is 0.444 e. The first-order chi connectivity index (χ1) is 10.8. The lowest BCUT2D eigenvalue weighted by Gasteiger charge is -2.33. The molecule has 0 aliphatic heterocycles. The lowest BCUT2D eigenvalue weighted by atomic mass is 9.90. The third kappa shape index (κ3) is 6.18. The van der Waals surface area contributed by atoms with Crippen LogP contribution in [0.4, 0.5) is 4.79 Å². The standard InChI is InChI=1S/C18H29N3O2/c1-13(14-8-10-19-11-9-14)20-15-6-5-7-16(12-15)21-17(22)23-18(2,3)4/h8-11,13,15-16,20H,5-7,12H2,1-4H3,(H,21,22)/t13-,15?,16?/m0/s1. The molecule has 23 heavy (non-hydrogen) atoms. The quantitative estimate of drug-likeness (QED) is 0.890. The number of hydrogen-bond donors (Lipinski definition) is 2. The third-order valence-corrected chi connectivity index (χ3v) is 4.09. The van der Waals surface area contributed by atoms with Gasteiger partial charge in [0.2, 0.25) is 0 Å². The van der Waals surface area contributed by atoms with Gasteiger partial charge in [0, 0.05) is 30.5 Å². The van der Waals surface area contributed by atoms with Crippen LogP contribution in [0.1, 0.15) is 65.0 Å². The second kappa shape index (κ2) is 7.77. The molecule has 0 spiro atoms. The molecule has 1 fully saturated rings. The SMILES string of the molecule is C[C@H](NC1CCCC(NC(=O)OC(C)(C)C)C1)c1ccncc1. The molecule has 5 heteroatoms. The van der Waals surface area contributed by atoms with Crippen molar-refractivity contribution in [3.63, 3.8) is 0 Å². The molecule has 0 radical (unpaired) electrons. The lowest BCUT2D eigenvalue weighted by molar-refractivity contribution is 0.0488. The summed E-state index contributed by atoms with van der Waals surface area (Å²) in [5, 5.41) is 6.67. The van der Waals surface area contributed by atoms with Gasteiger partial charge in [0.1, 0.15) is 5.60 Å². The van der Waals surface area contributed by atoms with E-state index in [0.717, 1.165) is 25.7 Å². The highest BCUT2D eigenvalue weighted by Crippen LogP contribution is 2.22. The fourth-order valence-electron chi connectivity index (χ4n) is 3.05. The van der Waals surface area contributed by atoms with Crippen molar-refractivity contribution in [2.24, 2.45) is 0 Å². The summed E-state index contributed by atoms with van der Waals surface area (Å²) in [4.78, 5) is 16.0. The molecule has 1 amide bonds. The summed E-state index contributed by atoms with van der Waals surface area (Å²) in [6, 6.07) is 4.95. The molecular weight excluding hydrogens is 290 g/mol.